The molecule has 0 aliphatic carbocycles. The standard InChI is InChI=1S/C21H14N4S/c22-21-24-19(13-6-2-1-3-7-13)23-20(25-21)14-10-11-18-16(12-14)15-8-4-5-9-17(15)26-18/h1-12H,(H2,22,23,24,25). The Labute approximate surface area is 154 Å². The number of nitrogens with two attached hydrogens (primary N) is 1. The van der Waals surface area contributed by atoms with Crippen molar-refractivity contribution in [3.05, 3.63) is 72.8 Å². The highest BCUT2D eigenvalue weighted by molar-refractivity contribution is 7.25. The summed E-state index contributed by atoms with van der Waals surface area (Å²) < 4.78 is 2.53. The van der Waals surface area contributed by atoms with Gasteiger partial charge in [0, 0.05) is 31.3 Å². The minimum Gasteiger partial charge on any atom is -0.368 e. The topological polar surface area (TPSA) is 64.7 Å². The van der Waals surface area contributed by atoms with Crippen molar-refractivity contribution in [3.8, 4) is 22.8 Å². The Bertz CT molecular complexity index is 1250. The maximum Gasteiger partial charge on any atom is 0.224 e. The summed E-state index contributed by atoms with van der Waals surface area (Å²) in [7, 11) is 0. The molecule has 0 saturated carbocycles. The largest absolute Gasteiger partial charge is 0.368 e. The minimum atomic E-state index is 0.226. The van der Waals surface area contributed by atoms with Gasteiger partial charge in [-0.3, -0.25) is 0 Å². The van der Waals surface area contributed by atoms with E-state index in [0.717, 1.165) is 11.1 Å². The molecule has 0 amide bonds. The Balaban J connectivity index is 1.70. The monoisotopic (exact) mass is 354 g/mol. The normalized spacial score (nSPS) is 11.2. The smallest absolute Gasteiger partial charge is 0.224 e. The van der Waals surface area contributed by atoms with Gasteiger partial charge in [-0.2, -0.15) is 9.97 Å². The predicted molar refractivity (Wildman–Crippen MR) is 108 cm³/mol. The molecule has 0 spiro atoms. The zero-order valence-corrected chi connectivity index (χ0v) is 14.6. The second-order valence-electron chi connectivity index (χ2n) is 6.02. The zero-order chi connectivity index (χ0) is 17.5. The molecular formula is C21H14N4S. The van der Waals surface area contributed by atoms with Crippen molar-refractivity contribution >= 4 is 37.5 Å². The van der Waals surface area contributed by atoms with Gasteiger partial charge in [-0.15, -0.1) is 11.3 Å². The first-order chi connectivity index (χ1) is 12.8. The van der Waals surface area contributed by atoms with Crippen LogP contribution in [0.4, 0.5) is 5.95 Å². The number of anilines is 1. The third-order valence-corrected chi connectivity index (χ3v) is 5.47. The number of hydrogen-bond acceptors (Lipinski definition) is 5. The van der Waals surface area contributed by atoms with E-state index in [4.69, 9.17) is 5.73 Å². The average molecular weight is 354 g/mol. The van der Waals surface area contributed by atoms with E-state index in [1.165, 1.54) is 20.2 Å². The third-order valence-electron chi connectivity index (χ3n) is 4.32. The van der Waals surface area contributed by atoms with Gasteiger partial charge in [-0.1, -0.05) is 48.5 Å². The lowest BCUT2D eigenvalue weighted by Gasteiger charge is -2.05. The van der Waals surface area contributed by atoms with Crippen LogP contribution >= 0.6 is 11.3 Å². The van der Waals surface area contributed by atoms with Gasteiger partial charge in [0.25, 0.3) is 0 Å². The van der Waals surface area contributed by atoms with Gasteiger partial charge in [0.15, 0.2) is 11.6 Å². The van der Waals surface area contributed by atoms with E-state index < -0.39 is 0 Å². The number of hydrogen-bond donors (Lipinski definition) is 1. The molecule has 2 heterocycles. The summed E-state index contributed by atoms with van der Waals surface area (Å²) in [5.41, 5.74) is 7.82. The van der Waals surface area contributed by atoms with Crippen LogP contribution in [-0.4, -0.2) is 15.0 Å². The summed E-state index contributed by atoms with van der Waals surface area (Å²) in [5.74, 6) is 1.40. The lowest BCUT2D eigenvalue weighted by atomic mass is 10.1. The average Bonchev–Trinajstić information content (AvgIpc) is 3.06. The maximum absolute atomic E-state index is 5.96. The van der Waals surface area contributed by atoms with Crippen molar-refractivity contribution in [1.82, 2.24) is 15.0 Å². The van der Waals surface area contributed by atoms with E-state index in [0.29, 0.717) is 11.6 Å². The van der Waals surface area contributed by atoms with Crippen LogP contribution in [0.5, 0.6) is 0 Å². The van der Waals surface area contributed by atoms with Crippen LogP contribution in [0.2, 0.25) is 0 Å². The Morgan fingerprint density at radius 2 is 1.31 bits per heavy atom. The highest BCUT2D eigenvalue weighted by Gasteiger charge is 2.11. The molecule has 0 saturated heterocycles. The van der Waals surface area contributed by atoms with Crippen LogP contribution in [0.3, 0.4) is 0 Å². The molecule has 0 aliphatic heterocycles. The number of nitrogen functional groups attached to an aromatic ring is 1. The van der Waals surface area contributed by atoms with Crippen LogP contribution < -0.4 is 5.73 Å². The van der Waals surface area contributed by atoms with Crippen molar-refractivity contribution in [1.29, 1.82) is 0 Å². The molecule has 4 nitrogen and oxygen atoms in total. The molecule has 2 aromatic heterocycles. The fraction of sp³-hybridized carbons (Fsp3) is 0. The molecule has 3 aromatic carbocycles. The molecule has 26 heavy (non-hydrogen) atoms. The van der Waals surface area contributed by atoms with Crippen LogP contribution in [0.25, 0.3) is 42.9 Å². The molecule has 0 unspecified atom stereocenters. The summed E-state index contributed by atoms with van der Waals surface area (Å²) in [6.45, 7) is 0. The lowest BCUT2D eigenvalue weighted by Crippen LogP contribution is -2.02. The molecule has 0 fully saturated rings. The van der Waals surface area contributed by atoms with Gasteiger partial charge < -0.3 is 5.73 Å². The molecular weight excluding hydrogens is 340 g/mol. The van der Waals surface area contributed by atoms with E-state index in [1.54, 1.807) is 11.3 Å². The van der Waals surface area contributed by atoms with Crippen molar-refractivity contribution in [2.75, 3.05) is 5.73 Å². The van der Waals surface area contributed by atoms with E-state index in [9.17, 15) is 0 Å². The van der Waals surface area contributed by atoms with Crippen molar-refractivity contribution in [2.45, 2.75) is 0 Å². The highest BCUT2D eigenvalue weighted by Crippen LogP contribution is 2.35. The zero-order valence-electron chi connectivity index (χ0n) is 13.8. The molecule has 5 rings (SSSR count). The summed E-state index contributed by atoms with van der Waals surface area (Å²) in [4.78, 5) is 13.3. The Kier molecular flexibility index (Phi) is 3.40. The van der Waals surface area contributed by atoms with Gasteiger partial charge >= 0.3 is 0 Å². The van der Waals surface area contributed by atoms with E-state index in [-0.39, 0.29) is 5.95 Å². The Morgan fingerprint density at radius 3 is 2.15 bits per heavy atom. The molecule has 0 bridgehead atoms. The second kappa shape index (κ2) is 5.89. The number of benzene rings is 3. The van der Waals surface area contributed by atoms with Crippen molar-refractivity contribution in [2.24, 2.45) is 0 Å². The van der Waals surface area contributed by atoms with Crippen LogP contribution in [0.15, 0.2) is 72.8 Å². The molecule has 0 atom stereocenters. The molecule has 0 radical (unpaired) electrons. The number of rotatable bonds is 2. The molecule has 5 heteroatoms. The molecule has 0 aliphatic rings. The van der Waals surface area contributed by atoms with Crippen LogP contribution in [0, 0.1) is 0 Å². The van der Waals surface area contributed by atoms with Crippen molar-refractivity contribution in [3.63, 3.8) is 0 Å². The SMILES string of the molecule is Nc1nc(-c2ccccc2)nc(-c2ccc3sc4ccccc4c3c2)n1. The van der Waals surface area contributed by atoms with Gasteiger partial charge in [0.05, 0.1) is 0 Å². The summed E-state index contributed by atoms with van der Waals surface area (Å²) >= 11 is 1.79. The molecule has 5 aromatic rings. The van der Waals surface area contributed by atoms with Crippen LogP contribution in [0.1, 0.15) is 0 Å². The predicted octanol–water partition coefficient (Wildman–Crippen LogP) is 5.16. The summed E-state index contributed by atoms with van der Waals surface area (Å²) in [6.07, 6.45) is 0. The van der Waals surface area contributed by atoms with Gasteiger partial charge in [0.1, 0.15) is 0 Å². The van der Waals surface area contributed by atoms with Gasteiger partial charge in [-0.25, -0.2) is 4.98 Å². The van der Waals surface area contributed by atoms with E-state index in [1.807, 2.05) is 36.4 Å². The fourth-order valence-corrected chi connectivity index (χ4v) is 4.19. The number of fused-ring (bicyclic) bond motifs is 3. The number of thiophene rings is 1. The Morgan fingerprint density at radius 1 is 0.615 bits per heavy atom. The fourth-order valence-electron chi connectivity index (χ4n) is 3.10. The minimum absolute atomic E-state index is 0.226. The Hall–Kier alpha value is -3.31. The number of nitrogens with zero attached hydrogens (tertiary/aromatic N) is 3. The number of aromatic nitrogens is 3. The summed E-state index contributed by atoms with van der Waals surface area (Å²) in [5, 5.41) is 2.46. The third kappa shape index (κ3) is 2.50. The van der Waals surface area contributed by atoms with Gasteiger partial charge in [-0.05, 0) is 24.3 Å². The van der Waals surface area contributed by atoms with E-state index >= 15 is 0 Å². The maximum atomic E-state index is 5.96. The van der Waals surface area contributed by atoms with E-state index in [2.05, 4.69) is 51.4 Å². The van der Waals surface area contributed by atoms with Gasteiger partial charge in [0.2, 0.25) is 5.95 Å². The van der Waals surface area contributed by atoms with Crippen LogP contribution in [-0.2, 0) is 0 Å². The summed E-state index contributed by atoms with van der Waals surface area (Å²) in [6, 6.07) is 24.5. The molecule has 2 N–H and O–H groups in total. The van der Waals surface area contributed by atoms with Crippen molar-refractivity contribution < 1.29 is 0 Å². The second-order valence-corrected chi connectivity index (χ2v) is 7.10. The quantitative estimate of drug-likeness (QED) is 0.476. The first-order valence-electron chi connectivity index (χ1n) is 8.26. The molecule has 124 valence electrons. The first-order valence-corrected chi connectivity index (χ1v) is 9.08. The lowest BCUT2D eigenvalue weighted by molar-refractivity contribution is 1.08. The highest BCUT2D eigenvalue weighted by atomic mass is 32.1. The first kappa shape index (κ1) is 15.0.